The Hall–Kier alpha value is -0.440. The van der Waals surface area contributed by atoms with Crippen LogP contribution in [0.2, 0.25) is 0 Å². The van der Waals surface area contributed by atoms with E-state index < -0.39 is 0 Å². The minimum Gasteiger partial charge on any atom is -0.371 e. The highest BCUT2D eigenvalue weighted by atomic mass is 35.5. The molecule has 16 heavy (non-hydrogen) atoms. The van der Waals surface area contributed by atoms with Crippen LogP contribution in [0, 0.1) is 11.8 Å². The zero-order valence-electron chi connectivity index (χ0n) is 9.13. The van der Waals surface area contributed by atoms with Crippen molar-refractivity contribution in [3.8, 4) is 0 Å². The molecule has 0 aliphatic carbocycles. The van der Waals surface area contributed by atoms with Crippen LogP contribution in [0.25, 0.3) is 0 Å². The molecule has 0 aromatic heterocycles. The van der Waals surface area contributed by atoms with Gasteiger partial charge in [-0.1, -0.05) is 18.2 Å². The average molecular weight is 261 g/mol. The second-order valence-corrected chi connectivity index (χ2v) is 4.42. The van der Waals surface area contributed by atoms with E-state index >= 15 is 0 Å². The predicted molar refractivity (Wildman–Crippen MR) is 73.0 cm³/mol. The minimum atomic E-state index is 0. The average Bonchev–Trinajstić information content (AvgIpc) is 2.78. The van der Waals surface area contributed by atoms with Crippen molar-refractivity contribution in [2.75, 3.05) is 31.1 Å². The monoisotopic (exact) mass is 260 g/mol. The van der Waals surface area contributed by atoms with Crippen molar-refractivity contribution in [1.82, 2.24) is 5.32 Å². The van der Waals surface area contributed by atoms with Crippen molar-refractivity contribution < 1.29 is 0 Å². The van der Waals surface area contributed by atoms with Gasteiger partial charge in [-0.05, 0) is 24.0 Å². The molecule has 1 aromatic carbocycles. The van der Waals surface area contributed by atoms with Gasteiger partial charge in [-0.25, -0.2) is 0 Å². The molecule has 2 saturated heterocycles. The predicted octanol–water partition coefficient (Wildman–Crippen LogP) is 2.19. The van der Waals surface area contributed by atoms with Crippen molar-refractivity contribution >= 4 is 30.5 Å². The molecule has 1 N–H and O–H groups in total. The maximum atomic E-state index is 3.47. The Morgan fingerprint density at radius 3 is 2.06 bits per heavy atom. The molecule has 0 radical (unpaired) electrons. The smallest absolute Gasteiger partial charge is 0.0366 e. The summed E-state index contributed by atoms with van der Waals surface area (Å²) in [5, 5.41) is 3.47. The molecule has 2 fully saturated rings. The first-order chi connectivity index (χ1) is 6.93. The third-order valence-electron chi connectivity index (χ3n) is 3.51. The Balaban J connectivity index is 0.000000640. The van der Waals surface area contributed by atoms with Crippen LogP contribution in [-0.4, -0.2) is 26.2 Å². The Bertz CT molecular complexity index is 306. The molecule has 0 saturated carbocycles. The van der Waals surface area contributed by atoms with E-state index in [1.54, 1.807) is 0 Å². The van der Waals surface area contributed by atoms with Crippen LogP contribution in [0.3, 0.4) is 0 Å². The van der Waals surface area contributed by atoms with Crippen LogP contribution >= 0.6 is 24.8 Å². The van der Waals surface area contributed by atoms with Gasteiger partial charge in [0.05, 0.1) is 0 Å². The van der Waals surface area contributed by atoms with Crippen molar-refractivity contribution in [3.63, 3.8) is 0 Å². The minimum absolute atomic E-state index is 0. The lowest BCUT2D eigenvalue weighted by Crippen LogP contribution is -2.25. The highest BCUT2D eigenvalue weighted by molar-refractivity contribution is 5.85. The van der Waals surface area contributed by atoms with Crippen molar-refractivity contribution in [2.24, 2.45) is 11.8 Å². The van der Waals surface area contributed by atoms with E-state index in [-0.39, 0.29) is 24.8 Å². The van der Waals surface area contributed by atoms with Crippen LogP contribution < -0.4 is 10.2 Å². The van der Waals surface area contributed by atoms with E-state index in [1.807, 2.05) is 0 Å². The summed E-state index contributed by atoms with van der Waals surface area (Å²) < 4.78 is 0. The van der Waals surface area contributed by atoms with Crippen LogP contribution in [0.4, 0.5) is 5.69 Å². The van der Waals surface area contributed by atoms with Crippen LogP contribution in [0.5, 0.6) is 0 Å². The van der Waals surface area contributed by atoms with Gasteiger partial charge in [-0.3, -0.25) is 0 Å². The van der Waals surface area contributed by atoms with Gasteiger partial charge < -0.3 is 10.2 Å². The van der Waals surface area contributed by atoms with E-state index in [0.29, 0.717) is 0 Å². The molecule has 2 nitrogen and oxygen atoms in total. The van der Waals surface area contributed by atoms with Gasteiger partial charge in [0.2, 0.25) is 0 Å². The summed E-state index contributed by atoms with van der Waals surface area (Å²) in [7, 11) is 0. The highest BCUT2D eigenvalue weighted by Crippen LogP contribution is 2.29. The molecule has 2 aliphatic rings. The molecular formula is C12H18Cl2N2. The number of para-hydroxylation sites is 1. The maximum absolute atomic E-state index is 3.47. The van der Waals surface area contributed by atoms with Gasteiger partial charge in [0.25, 0.3) is 0 Å². The summed E-state index contributed by atoms with van der Waals surface area (Å²) in [4.78, 5) is 2.52. The summed E-state index contributed by atoms with van der Waals surface area (Å²) in [5.41, 5.74) is 1.39. The molecule has 3 rings (SSSR count). The molecule has 2 heterocycles. The molecule has 2 atom stereocenters. The fraction of sp³-hybridized carbons (Fsp3) is 0.500. The van der Waals surface area contributed by atoms with Gasteiger partial charge >= 0.3 is 0 Å². The summed E-state index contributed by atoms with van der Waals surface area (Å²) in [6, 6.07) is 10.8. The molecule has 90 valence electrons. The fourth-order valence-electron chi connectivity index (χ4n) is 2.71. The van der Waals surface area contributed by atoms with E-state index in [2.05, 4.69) is 40.5 Å². The lowest BCUT2D eigenvalue weighted by atomic mass is 10.0. The molecule has 4 heteroatoms. The van der Waals surface area contributed by atoms with Gasteiger partial charge in [0.15, 0.2) is 0 Å². The van der Waals surface area contributed by atoms with Gasteiger partial charge in [0.1, 0.15) is 0 Å². The van der Waals surface area contributed by atoms with Crippen LogP contribution in [0.1, 0.15) is 0 Å². The Morgan fingerprint density at radius 1 is 0.938 bits per heavy atom. The SMILES string of the molecule is Cl.Cl.c1ccc(N2CC3CNCC3C2)cc1. The standard InChI is InChI=1S/C12H16N2.2ClH/c1-2-4-12(5-3-1)14-8-10-6-13-7-11(10)9-14;;/h1-5,10-11,13H,6-9H2;2*1H. The van der Waals surface area contributed by atoms with Crippen LogP contribution in [0.15, 0.2) is 30.3 Å². The summed E-state index contributed by atoms with van der Waals surface area (Å²) in [6.07, 6.45) is 0. The molecular weight excluding hydrogens is 243 g/mol. The zero-order chi connectivity index (χ0) is 9.38. The molecule has 0 bridgehead atoms. The number of anilines is 1. The highest BCUT2D eigenvalue weighted by Gasteiger charge is 2.35. The summed E-state index contributed by atoms with van der Waals surface area (Å²) in [5.74, 6) is 1.77. The second-order valence-electron chi connectivity index (χ2n) is 4.42. The number of nitrogens with one attached hydrogen (secondary N) is 1. The molecule has 2 unspecified atom stereocenters. The lowest BCUT2D eigenvalue weighted by Gasteiger charge is -2.19. The van der Waals surface area contributed by atoms with E-state index in [0.717, 1.165) is 11.8 Å². The van der Waals surface area contributed by atoms with Crippen molar-refractivity contribution in [2.45, 2.75) is 0 Å². The number of hydrogen-bond acceptors (Lipinski definition) is 2. The van der Waals surface area contributed by atoms with Crippen molar-refractivity contribution in [3.05, 3.63) is 30.3 Å². The first kappa shape index (κ1) is 13.6. The number of benzene rings is 1. The Kier molecular flexibility index (Phi) is 4.90. The normalized spacial score (nSPS) is 26.9. The molecule has 0 amide bonds. The maximum Gasteiger partial charge on any atom is 0.0366 e. The summed E-state index contributed by atoms with van der Waals surface area (Å²) >= 11 is 0. The quantitative estimate of drug-likeness (QED) is 0.833. The summed E-state index contributed by atoms with van der Waals surface area (Å²) in [6.45, 7) is 4.91. The number of fused-ring (bicyclic) bond motifs is 1. The first-order valence-electron chi connectivity index (χ1n) is 5.44. The Labute approximate surface area is 109 Å². The van der Waals surface area contributed by atoms with Gasteiger partial charge in [-0.15, -0.1) is 24.8 Å². The third kappa shape index (κ3) is 2.45. The lowest BCUT2D eigenvalue weighted by molar-refractivity contribution is 0.533. The van der Waals surface area contributed by atoms with E-state index in [4.69, 9.17) is 0 Å². The van der Waals surface area contributed by atoms with Crippen LogP contribution in [-0.2, 0) is 0 Å². The largest absolute Gasteiger partial charge is 0.371 e. The zero-order valence-corrected chi connectivity index (χ0v) is 10.8. The van der Waals surface area contributed by atoms with Gasteiger partial charge in [-0.2, -0.15) is 0 Å². The number of hydrogen-bond donors (Lipinski definition) is 1. The molecule has 2 aliphatic heterocycles. The molecule has 1 aromatic rings. The van der Waals surface area contributed by atoms with E-state index in [9.17, 15) is 0 Å². The van der Waals surface area contributed by atoms with E-state index in [1.165, 1.54) is 31.9 Å². The van der Waals surface area contributed by atoms with Gasteiger partial charge in [0, 0.05) is 31.9 Å². The number of nitrogens with zero attached hydrogens (tertiary/aromatic N) is 1. The second kappa shape index (κ2) is 5.76. The first-order valence-corrected chi connectivity index (χ1v) is 5.44. The topological polar surface area (TPSA) is 15.3 Å². The number of rotatable bonds is 1. The molecule has 0 spiro atoms. The van der Waals surface area contributed by atoms with Crippen molar-refractivity contribution in [1.29, 1.82) is 0 Å². The fourth-order valence-corrected chi connectivity index (χ4v) is 2.71. The third-order valence-corrected chi connectivity index (χ3v) is 3.51. The Morgan fingerprint density at radius 2 is 1.50 bits per heavy atom. The number of halogens is 2.